The maximum Gasteiger partial charge on any atom is 0.0340 e. The van der Waals surface area contributed by atoms with Gasteiger partial charge in [0.15, 0.2) is 0 Å². The molecule has 2 heteroatoms. The Hall–Kier alpha value is -1.02. The molecule has 1 rings (SSSR count). The molecule has 2 nitrogen and oxygen atoms in total. The van der Waals surface area contributed by atoms with Crippen molar-refractivity contribution in [3.05, 3.63) is 30.3 Å². The molecule has 0 bridgehead atoms. The number of nitrogens with one attached hydrogen (secondary N) is 1. The van der Waals surface area contributed by atoms with Crippen molar-refractivity contribution >= 4 is 5.69 Å². The molecule has 0 aromatic heterocycles. The van der Waals surface area contributed by atoms with E-state index in [1.165, 1.54) is 31.5 Å². The van der Waals surface area contributed by atoms with E-state index in [0.717, 1.165) is 6.54 Å². The number of anilines is 1. The van der Waals surface area contributed by atoms with Crippen molar-refractivity contribution in [3.63, 3.8) is 0 Å². The third-order valence-electron chi connectivity index (χ3n) is 3.24. The molecule has 96 valence electrons. The summed E-state index contributed by atoms with van der Waals surface area (Å²) >= 11 is 0. The Labute approximate surface area is 106 Å². The first kappa shape index (κ1) is 14.0. The zero-order chi connectivity index (χ0) is 12.5. The van der Waals surface area contributed by atoms with Gasteiger partial charge in [0, 0.05) is 18.3 Å². The number of nitrogens with zero attached hydrogens (tertiary/aromatic N) is 1. The van der Waals surface area contributed by atoms with Crippen molar-refractivity contribution < 1.29 is 0 Å². The van der Waals surface area contributed by atoms with Crippen LogP contribution in [0.25, 0.3) is 0 Å². The second-order valence-corrected chi connectivity index (χ2v) is 4.78. The Balaban J connectivity index is 2.22. The zero-order valence-electron chi connectivity index (χ0n) is 11.4. The molecule has 1 aromatic rings. The molecule has 1 aromatic carbocycles. The summed E-state index contributed by atoms with van der Waals surface area (Å²) in [7, 11) is 2.22. The van der Waals surface area contributed by atoms with Crippen LogP contribution in [0.1, 0.15) is 33.1 Å². The minimum atomic E-state index is 0.576. The molecule has 0 aliphatic heterocycles. The third-order valence-corrected chi connectivity index (χ3v) is 3.24. The molecule has 1 atom stereocenters. The fourth-order valence-corrected chi connectivity index (χ4v) is 1.81. The Kier molecular flexibility index (Phi) is 6.71. The lowest BCUT2D eigenvalue weighted by Gasteiger charge is -2.25. The summed E-state index contributed by atoms with van der Waals surface area (Å²) < 4.78 is 0. The zero-order valence-corrected chi connectivity index (χ0v) is 11.4. The molecule has 0 heterocycles. The average Bonchev–Trinajstić information content (AvgIpc) is 2.37. The molecule has 1 unspecified atom stereocenters. The van der Waals surface area contributed by atoms with Gasteiger partial charge < -0.3 is 10.2 Å². The lowest BCUT2D eigenvalue weighted by atomic mass is 10.2. The average molecular weight is 234 g/mol. The van der Waals surface area contributed by atoms with E-state index in [1.54, 1.807) is 0 Å². The summed E-state index contributed by atoms with van der Waals surface area (Å²) in [4.78, 5) is 2.44. The minimum absolute atomic E-state index is 0.576. The monoisotopic (exact) mass is 234 g/mol. The SMILES string of the molecule is CCCCCN(C)C(C)CNc1ccccc1. The molecule has 0 saturated heterocycles. The molecule has 0 spiro atoms. The quantitative estimate of drug-likeness (QED) is 0.691. The first-order valence-electron chi connectivity index (χ1n) is 6.73. The minimum Gasteiger partial charge on any atom is -0.383 e. The number of unbranched alkanes of at least 4 members (excludes halogenated alkanes) is 2. The van der Waals surface area contributed by atoms with E-state index in [-0.39, 0.29) is 0 Å². The van der Waals surface area contributed by atoms with E-state index in [2.05, 4.69) is 55.4 Å². The summed E-state index contributed by atoms with van der Waals surface area (Å²) in [5.41, 5.74) is 1.21. The largest absolute Gasteiger partial charge is 0.383 e. The standard InChI is InChI=1S/C15H26N2/c1-4-5-9-12-17(3)14(2)13-16-15-10-7-6-8-11-15/h6-8,10-11,14,16H,4-5,9,12-13H2,1-3H3. The van der Waals surface area contributed by atoms with Gasteiger partial charge in [0.25, 0.3) is 0 Å². The molecular weight excluding hydrogens is 208 g/mol. The summed E-state index contributed by atoms with van der Waals surface area (Å²) in [6.45, 7) is 6.74. The van der Waals surface area contributed by atoms with Crippen molar-refractivity contribution in [1.29, 1.82) is 0 Å². The van der Waals surface area contributed by atoms with Crippen molar-refractivity contribution in [2.45, 2.75) is 39.2 Å². The van der Waals surface area contributed by atoms with Crippen LogP contribution >= 0.6 is 0 Å². The van der Waals surface area contributed by atoms with Crippen molar-refractivity contribution in [2.75, 3.05) is 25.5 Å². The molecule has 0 radical (unpaired) electrons. The number of rotatable bonds is 8. The maximum atomic E-state index is 3.47. The number of likely N-dealkylation sites (N-methyl/N-ethyl adjacent to an activating group) is 1. The van der Waals surface area contributed by atoms with Crippen LogP contribution in [-0.2, 0) is 0 Å². The predicted molar refractivity (Wildman–Crippen MR) is 76.5 cm³/mol. The fourth-order valence-electron chi connectivity index (χ4n) is 1.81. The van der Waals surface area contributed by atoms with Gasteiger partial charge in [-0.15, -0.1) is 0 Å². The first-order chi connectivity index (χ1) is 8.24. The molecule has 0 saturated carbocycles. The van der Waals surface area contributed by atoms with Crippen LogP contribution in [-0.4, -0.2) is 31.1 Å². The van der Waals surface area contributed by atoms with E-state index >= 15 is 0 Å². The Morgan fingerprint density at radius 1 is 1.18 bits per heavy atom. The van der Waals surface area contributed by atoms with Gasteiger partial charge in [-0.05, 0) is 39.1 Å². The van der Waals surface area contributed by atoms with E-state index < -0.39 is 0 Å². The Bertz CT molecular complexity index is 284. The second-order valence-electron chi connectivity index (χ2n) is 4.78. The van der Waals surface area contributed by atoms with Gasteiger partial charge in [-0.1, -0.05) is 38.0 Å². The number of hydrogen-bond donors (Lipinski definition) is 1. The predicted octanol–water partition coefficient (Wildman–Crippen LogP) is 3.61. The van der Waals surface area contributed by atoms with Gasteiger partial charge in [0.2, 0.25) is 0 Å². The highest BCUT2D eigenvalue weighted by molar-refractivity contribution is 5.42. The normalized spacial score (nSPS) is 12.7. The van der Waals surface area contributed by atoms with E-state index in [9.17, 15) is 0 Å². The van der Waals surface area contributed by atoms with Gasteiger partial charge in [-0.3, -0.25) is 0 Å². The maximum absolute atomic E-state index is 3.47. The first-order valence-corrected chi connectivity index (χ1v) is 6.73. The van der Waals surface area contributed by atoms with E-state index in [1.807, 2.05) is 6.07 Å². The smallest absolute Gasteiger partial charge is 0.0340 e. The number of benzene rings is 1. The van der Waals surface area contributed by atoms with Crippen LogP contribution in [0.4, 0.5) is 5.69 Å². The van der Waals surface area contributed by atoms with Gasteiger partial charge in [-0.2, -0.15) is 0 Å². The molecule has 17 heavy (non-hydrogen) atoms. The third kappa shape index (κ3) is 5.73. The number of para-hydroxylation sites is 1. The van der Waals surface area contributed by atoms with Crippen LogP contribution in [0.15, 0.2) is 30.3 Å². The second kappa shape index (κ2) is 8.13. The van der Waals surface area contributed by atoms with Crippen LogP contribution in [0.3, 0.4) is 0 Å². The van der Waals surface area contributed by atoms with E-state index in [0.29, 0.717) is 6.04 Å². The molecule has 0 fully saturated rings. The lowest BCUT2D eigenvalue weighted by Crippen LogP contribution is -2.35. The molecule has 0 aliphatic carbocycles. The van der Waals surface area contributed by atoms with Crippen molar-refractivity contribution in [1.82, 2.24) is 4.90 Å². The number of hydrogen-bond acceptors (Lipinski definition) is 2. The van der Waals surface area contributed by atoms with Gasteiger partial charge in [0.05, 0.1) is 0 Å². The van der Waals surface area contributed by atoms with Crippen LogP contribution in [0.5, 0.6) is 0 Å². The molecule has 0 amide bonds. The lowest BCUT2D eigenvalue weighted by molar-refractivity contribution is 0.261. The van der Waals surface area contributed by atoms with Crippen LogP contribution in [0.2, 0.25) is 0 Å². The van der Waals surface area contributed by atoms with Crippen LogP contribution < -0.4 is 5.32 Å². The Morgan fingerprint density at radius 2 is 1.88 bits per heavy atom. The summed E-state index contributed by atoms with van der Waals surface area (Å²) in [5.74, 6) is 0. The molecule has 1 N–H and O–H groups in total. The Morgan fingerprint density at radius 3 is 2.53 bits per heavy atom. The highest BCUT2D eigenvalue weighted by Gasteiger charge is 2.07. The van der Waals surface area contributed by atoms with Crippen LogP contribution in [0, 0.1) is 0 Å². The highest BCUT2D eigenvalue weighted by atomic mass is 15.1. The van der Waals surface area contributed by atoms with Crippen molar-refractivity contribution in [2.24, 2.45) is 0 Å². The topological polar surface area (TPSA) is 15.3 Å². The summed E-state index contributed by atoms with van der Waals surface area (Å²) in [5, 5.41) is 3.47. The van der Waals surface area contributed by atoms with Gasteiger partial charge >= 0.3 is 0 Å². The summed E-state index contributed by atoms with van der Waals surface area (Å²) in [6, 6.07) is 11.0. The fraction of sp³-hybridized carbons (Fsp3) is 0.600. The highest BCUT2D eigenvalue weighted by Crippen LogP contribution is 2.06. The van der Waals surface area contributed by atoms with Crippen molar-refractivity contribution in [3.8, 4) is 0 Å². The van der Waals surface area contributed by atoms with Gasteiger partial charge in [0.1, 0.15) is 0 Å². The van der Waals surface area contributed by atoms with Gasteiger partial charge in [-0.25, -0.2) is 0 Å². The van der Waals surface area contributed by atoms with E-state index in [4.69, 9.17) is 0 Å². The molecular formula is C15H26N2. The summed E-state index contributed by atoms with van der Waals surface area (Å²) in [6.07, 6.45) is 3.94. The molecule has 0 aliphatic rings.